The number of hydrogen-bond donors (Lipinski definition) is 2. The Labute approximate surface area is 504 Å². The Hall–Kier alpha value is -5.77. The van der Waals surface area contributed by atoms with Crippen molar-refractivity contribution in [1.29, 1.82) is 0 Å². The molecule has 3 fully saturated rings. The fraction of sp³-hybridized carbons (Fsp3) is 0.582. The number of esters is 4. The molecule has 1 amide bonds. The Balaban J connectivity index is 1.45. The number of benzene rings is 3. The molecule has 0 aromatic heterocycles. The number of ketones is 1. The summed E-state index contributed by atoms with van der Waals surface area (Å²) in [5.74, 6) is -5.39. The lowest BCUT2D eigenvalue weighted by Crippen LogP contribution is -2.82. The fourth-order valence-electron chi connectivity index (χ4n) is 15.2. The molecule has 2 heterocycles. The first kappa shape index (κ1) is 65.2. The van der Waals surface area contributed by atoms with Crippen LogP contribution in [0.15, 0.2) is 108 Å². The first-order chi connectivity index (χ1) is 40.2. The molecule has 11 atom stereocenters. The van der Waals surface area contributed by atoms with Gasteiger partial charge in [-0.3, -0.25) is 19.2 Å². The third kappa shape index (κ3) is 11.9. The van der Waals surface area contributed by atoms with E-state index in [2.05, 4.69) is 67.6 Å². The highest BCUT2D eigenvalue weighted by Crippen LogP contribution is 2.65. The summed E-state index contributed by atoms with van der Waals surface area (Å²) in [6, 6.07) is 24.9. The van der Waals surface area contributed by atoms with Gasteiger partial charge in [0.25, 0.3) is 5.91 Å². The van der Waals surface area contributed by atoms with Crippen molar-refractivity contribution in [2.45, 2.75) is 218 Å². The zero-order valence-electron chi connectivity index (χ0n) is 52.3. The number of hydrogen-bond acceptors (Lipinski definition) is 15. The van der Waals surface area contributed by atoms with Crippen LogP contribution in [0.25, 0.3) is 0 Å². The maximum Gasteiger partial charge on any atom is 0.338 e. The van der Waals surface area contributed by atoms with Crippen LogP contribution in [0.2, 0.25) is 34.8 Å². The molecule has 16 nitrogen and oxygen atoms in total. The monoisotopic (exact) mass is 1210 g/mol. The normalized spacial score (nSPS) is 30.3. The van der Waals surface area contributed by atoms with Gasteiger partial charge in [-0.05, 0) is 103 Å². The van der Waals surface area contributed by atoms with E-state index in [9.17, 15) is 19.5 Å². The number of fused-ring (bicyclic) bond motifs is 3. The minimum absolute atomic E-state index is 0.0557. The summed E-state index contributed by atoms with van der Waals surface area (Å²) in [6.07, 6.45) is -4.36. The first-order valence-electron chi connectivity index (χ1n) is 30.8. The van der Waals surface area contributed by atoms with Gasteiger partial charge in [0.2, 0.25) is 8.32 Å². The Bertz CT molecular complexity index is 2960. The summed E-state index contributed by atoms with van der Waals surface area (Å²) in [7, 11) is -5.87. The van der Waals surface area contributed by atoms with E-state index in [4.69, 9.17) is 37.3 Å². The standard InChI is InChI=1S/C67H91NO15Si2/c1-15-84(16-2,17-3)82-51-38-52-66(40-77-52)58-60(80-62(73)47-32-24-21-25-33-47)67(75)39-50(44(10)54(64(67,12)13)56(78-45(11)69)59(71)65(51,58)14)79-63(74)57(83-85(41(4)5,42(6)7)43(8)9)55(68-61(72)46-30-22-20-23-31-46)48-34-27-28-35-49(48)76-37-29-19-18-26-36-53(70)81-66/h19-25,27-35,41-43,50-52,55-58,60,75H,15-18,26,36-40H2,1-14H3,(H,68,72)/b29-19-/t50-,51-,52+,55-,56+,57+,58-,60-,65+,66-,67+/m0/s1. The van der Waals surface area contributed by atoms with Crippen molar-refractivity contribution in [3.8, 4) is 5.75 Å². The van der Waals surface area contributed by atoms with E-state index >= 15 is 14.4 Å². The number of amides is 1. The number of rotatable bonds is 15. The van der Waals surface area contributed by atoms with Gasteiger partial charge in [-0.2, -0.15) is 0 Å². The molecule has 18 heteroatoms. The van der Waals surface area contributed by atoms with E-state index < -0.39 is 129 Å². The zero-order valence-corrected chi connectivity index (χ0v) is 54.3. The molecule has 2 N–H and O–H groups in total. The van der Waals surface area contributed by atoms with Gasteiger partial charge >= 0.3 is 23.9 Å². The molecule has 3 aliphatic carbocycles. The molecule has 5 aliphatic rings. The smallest absolute Gasteiger partial charge is 0.338 e. The topological polar surface area (TPSA) is 209 Å². The second-order valence-electron chi connectivity index (χ2n) is 25.8. The van der Waals surface area contributed by atoms with Crippen molar-refractivity contribution in [2.24, 2.45) is 16.7 Å². The maximum absolute atomic E-state index is 17.0. The molecular formula is C67H91NO15Si2. The number of nitrogens with one attached hydrogen (secondary N) is 1. The molecule has 2 aliphatic heterocycles. The summed E-state index contributed by atoms with van der Waals surface area (Å²) < 4.78 is 55.3. The molecule has 8 rings (SSSR count). The largest absolute Gasteiger partial charge is 0.489 e. The molecular weight excluding hydrogens is 1110 g/mol. The van der Waals surface area contributed by atoms with Crippen LogP contribution in [0, 0.1) is 16.7 Å². The minimum atomic E-state index is -3.16. The molecule has 3 aromatic carbocycles. The molecule has 0 radical (unpaired) electrons. The van der Waals surface area contributed by atoms with E-state index in [0.717, 1.165) is 0 Å². The van der Waals surface area contributed by atoms with Gasteiger partial charge in [-0.1, -0.05) is 143 Å². The van der Waals surface area contributed by atoms with E-state index in [1.54, 1.807) is 113 Å². The van der Waals surface area contributed by atoms with Crippen LogP contribution in [0.1, 0.15) is 161 Å². The van der Waals surface area contributed by atoms with E-state index in [1.807, 2.05) is 12.2 Å². The van der Waals surface area contributed by atoms with Crippen molar-refractivity contribution < 1.29 is 71.1 Å². The molecule has 462 valence electrons. The first-order valence-corrected chi connectivity index (χ1v) is 35.4. The quantitative estimate of drug-likeness (QED) is 0.0628. The number of Topliss-reactive ketones (excluding diaryl/α,β-unsaturated/α-hetero) is 1. The van der Waals surface area contributed by atoms with E-state index in [-0.39, 0.29) is 53.8 Å². The fourth-order valence-corrected chi connectivity index (χ4v) is 23.7. The Kier molecular flexibility index (Phi) is 19.9. The predicted molar refractivity (Wildman–Crippen MR) is 326 cm³/mol. The van der Waals surface area contributed by atoms with Crippen LogP contribution < -0.4 is 10.1 Å². The summed E-state index contributed by atoms with van der Waals surface area (Å²) in [5, 5.41) is 18.0. The van der Waals surface area contributed by atoms with Gasteiger partial charge in [0.05, 0.1) is 35.6 Å². The number of aliphatic hydroxyl groups is 1. The third-order valence-corrected chi connectivity index (χ3v) is 30.8. The third-order valence-electron chi connectivity index (χ3n) is 20.1. The highest BCUT2D eigenvalue weighted by atomic mass is 28.4. The summed E-state index contributed by atoms with van der Waals surface area (Å²) >= 11 is 0. The molecule has 1 spiro atoms. The van der Waals surface area contributed by atoms with Gasteiger partial charge in [0.15, 0.2) is 31.9 Å². The number of carbonyl (C=O) groups is 6. The van der Waals surface area contributed by atoms with Crippen molar-refractivity contribution in [3.05, 3.63) is 125 Å². The van der Waals surface area contributed by atoms with E-state index in [1.165, 1.54) is 6.92 Å². The summed E-state index contributed by atoms with van der Waals surface area (Å²) in [4.78, 5) is 92.0. The van der Waals surface area contributed by atoms with Crippen LogP contribution in [-0.2, 0) is 51.7 Å². The van der Waals surface area contributed by atoms with Gasteiger partial charge < -0.3 is 47.7 Å². The number of carbonyl (C=O) groups excluding carboxylic acids is 6. The SMILES string of the molecule is CC[Si](CC)(CC)O[C@H]1C[C@H]2OC[C@]23OC(=O)CCC/C=C\COc2ccccc2[C@H](NC(=O)c2ccccc2)[C@@H](O[Si](C(C)C)(C(C)C)C(C)C)C(=O)O[C@H]2C[C@@]4(O)[C@@H](OC(=O)c5ccccc5)[C@H]3[C@]1(C)C(=O)[C@H](OC(C)=O)C(=C2C)C4(C)C. The van der Waals surface area contributed by atoms with Crippen LogP contribution in [-0.4, -0.2) is 118 Å². The lowest BCUT2D eigenvalue weighted by molar-refractivity contribution is -0.345. The second-order valence-corrected chi connectivity index (χ2v) is 35.9. The Morgan fingerprint density at radius 1 is 0.788 bits per heavy atom. The minimum Gasteiger partial charge on any atom is -0.489 e. The second kappa shape index (κ2) is 25.9. The van der Waals surface area contributed by atoms with Crippen molar-refractivity contribution in [2.75, 3.05) is 13.2 Å². The van der Waals surface area contributed by atoms with Crippen molar-refractivity contribution in [1.82, 2.24) is 5.32 Å². The average molecular weight is 1210 g/mol. The Morgan fingerprint density at radius 2 is 1.39 bits per heavy atom. The molecule has 2 saturated carbocycles. The molecule has 0 unspecified atom stereocenters. The van der Waals surface area contributed by atoms with E-state index in [0.29, 0.717) is 53.4 Å². The Morgan fingerprint density at radius 3 is 1.96 bits per heavy atom. The van der Waals surface area contributed by atoms with Crippen molar-refractivity contribution in [3.63, 3.8) is 0 Å². The highest BCUT2D eigenvalue weighted by molar-refractivity contribution is 6.77. The lowest BCUT2D eigenvalue weighted by Gasteiger charge is -2.68. The average Bonchev–Trinajstić information content (AvgIpc) is 0.731. The van der Waals surface area contributed by atoms with Gasteiger partial charge in [0.1, 0.15) is 36.3 Å². The highest BCUT2D eigenvalue weighted by Gasteiger charge is 2.79. The van der Waals surface area contributed by atoms with Crippen LogP contribution >= 0.6 is 0 Å². The van der Waals surface area contributed by atoms with Crippen LogP contribution in [0.5, 0.6) is 5.75 Å². The number of ether oxygens (including phenoxy) is 6. The predicted octanol–water partition coefficient (Wildman–Crippen LogP) is 12.1. The molecule has 3 aromatic rings. The summed E-state index contributed by atoms with van der Waals surface area (Å²) in [5.41, 5.74) is -6.54. The van der Waals surface area contributed by atoms with Gasteiger partial charge in [-0.15, -0.1) is 0 Å². The van der Waals surface area contributed by atoms with Crippen LogP contribution in [0.3, 0.4) is 0 Å². The number of para-hydroxylation sites is 1. The van der Waals surface area contributed by atoms with Gasteiger partial charge in [-0.25, -0.2) is 9.59 Å². The van der Waals surface area contributed by atoms with Crippen LogP contribution in [0.4, 0.5) is 0 Å². The lowest BCUT2D eigenvalue weighted by atomic mass is 9.44. The zero-order chi connectivity index (χ0) is 62.0. The molecule has 4 bridgehead atoms. The maximum atomic E-state index is 17.0. The van der Waals surface area contributed by atoms with Gasteiger partial charge in [0, 0.05) is 42.7 Å². The molecule has 85 heavy (non-hydrogen) atoms. The molecule has 1 saturated heterocycles. The summed E-state index contributed by atoms with van der Waals surface area (Å²) in [6.45, 7) is 26.6. The number of allylic oxidation sites excluding steroid dienone is 1. The van der Waals surface area contributed by atoms with Crippen molar-refractivity contribution >= 4 is 52.2 Å².